The van der Waals surface area contributed by atoms with E-state index in [1.54, 1.807) is 12.1 Å². The highest BCUT2D eigenvalue weighted by molar-refractivity contribution is 5.89. The van der Waals surface area contributed by atoms with E-state index in [1.807, 2.05) is 46.8 Å². The molecule has 1 spiro atoms. The quantitative estimate of drug-likeness (QED) is 0.749. The third-order valence-corrected chi connectivity index (χ3v) is 4.99. The molecule has 3 aliphatic rings. The summed E-state index contributed by atoms with van der Waals surface area (Å²) in [6, 6.07) is 7.23. The van der Waals surface area contributed by atoms with Crippen molar-refractivity contribution in [3.8, 4) is 0 Å². The molecule has 1 unspecified atom stereocenters. The maximum Gasteiger partial charge on any atom is 0.338 e. The first-order valence-electron chi connectivity index (χ1n) is 9.21. The number of ether oxygens (including phenoxy) is 6. The lowest BCUT2D eigenvalue weighted by molar-refractivity contribution is -0.298. The molecule has 4 atom stereocenters. The van der Waals surface area contributed by atoms with E-state index in [4.69, 9.17) is 28.4 Å². The van der Waals surface area contributed by atoms with E-state index >= 15 is 0 Å². The molecule has 0 aromatic heterocycles. The zero-order valence-corrected chi connectivity index (χ0v) is 16.3. The molecule has 27 heavy (non-hydrogen) atoms. The summed E-state index contributed by atoms with van der Waals surface area (Å²) in [5, 5.41) is 0. The smallest absolute Gasteiger partial charge is 0.338 e. The molecular weight excluding hydrogens is 352 g/mol. The standard InChI is InChI=1S/C20H26O7/c1-12-6-8-13(9-7-12)17(21)22-10-14-15-16(26-19(4,5)25-15)20(24-14)11-23-18(2,3)27-20/h6-9,14-16H,10-11H2,1-5H3/t14-,15-,16-,20?/m1/s1. The second kappa shape index (κ2) is 6.25. The van der Waals surface area contributed by atoms with Crippen LogP contribution in [0.5, 0.6) is 0 Å². The van der Waals surface area contributed by atoms with Gasteiger partial charge in [-0.05, 0) is 46.8 Å². The molecule has 3 fully saturated rings. The second-order valence-electron chi connectivity index (χ2n) is 8.24. The summed E-state index contributed by atoms with van der Waals surface area (Å²) in [4.78, 5) is 12.3. The monoisotopic (exact) mass is 378 g/mol. The Balaban J connectivity index is 1.48. The fraction of sp³-hybridized carbons (Fsp3) is 0.650. The summed E-state index contributed by atoms with van der Waals surface area (Å²) in [5.41, 5.74) is 1.57. The molecular formula is C20H26O7. The Bertz CT molecular complexity index is 726. The predicted molar refractivity (Wildman–Crippen MR) is 94.0 cm³/mol. The average Bonchev–Trinajstić information content (AvgIpc) is 3.16. The molecule has 0 radical (unpaired) electrons. The van der Waals surface area contributed by atoms with Gasteiger partial charge in [-0.1, -0.05) is 17.7 Å². The number of hydrogen-bond acceptors (Lipinski definition) is 7. The molecule has 3 aliphatic heterocycles. The lowest BCUT2D eigenvalue weighted by Crippen LogP contribution is -2.46. The first-order valence-corrected chi connectivity index (χ1v) is 9.21. The highest BCUT2D eigenvalue weighted by Gasteiger charge is 2.67. The fourth-order valence-electron chi connectivity index (χ4n) is 3.80. The Morgan fingerprint density at radius 3 is 2.41 bits per heavy atom. The molecule has 0 N–H and O–H groups in total. The first kappa shape index (κ1) is 18.8. The van der Waals surface area contributed by atoms with Crippen molar-refractivity contribution in [2.24, 2.45) is 0 Å². The van der Waals surface area contributed by atoms with Gasteiger partial charge >= 0.3 is 5.97 Å². The normalized spacial score (nSPS) is 36.1. The van der Waals surface area contributed by atoms with Gasteiger partial charge in [0.2, 0.25) is 5.79 Å². The minimum absolute atomic E-state index is 0.0405. The molecule has 1 aromatic carbocycles. The molecule has 0 aliphatic carbocycles. The summed E-state index contributed by atoms with van der Waals surface area (Å²) in [6.07, 6.45) is -1.38. The number of fused-ring (bicyclic) bond motifs is 2. The Morgan fingerprint density at radius 2 is 1.78 bits per heavy atom. The Kier molecular flexibility index (Phi) is 4.36. The highest BCUT2D eigenvalue weighted by atomic mass is 16.9. The van der Waals surface area contributed by atoms with Crippen LogP contribution in [0.3, 0.4) is 0 Å². The maximum absolute atomic E-state index is 12.3. The first-order chi connectivity index (χ1) is 12.6. The lowest BCUT2D eigenvalue weighted by atomic mass is 10.1. The molecule has 7 nitrogen and oxygen atoms in total. The van der Waals surface area contributed by atoms with Gasteiger partial charge in [-0.25, -0.2) is 4.79 Å². The average molecular weight is 378 g/mol. The van der Waals surface area contributed by atoms with Crippen LogP contribution >= 0.6 is 0 Å². The van der Waals surface area contributed by atoms with Crippen LogP contribution in [0.1, 0.15) is 43.6 Å². The minimum Gasteiger partial charge on any atom is -0.459 e. The predicted octanol–water partition coefficient (Wildman–Crippen LogP) is 2.55. The van der Waals surface area contributed by atoms with Crippen molar-refractivity contribution in [1.82, 2.24) is 0 Å². The van der Waals surface area contributed by atoms with Gasteiger partial charge in [0.05, 0.1) is 5.56 Å². The van der Waals surface area contributed by atoms with Crippen molar-refractivity contribution in [3.05, 3.63) is 35.4 Å². The van der Waals surface area contributed by atoms with Crippen LogP contribution in [0.4, 0.5) is 0 Å². The van der Waals surface area contributed by atoms with Gasteiger partial charge in [0, 0.05) is 0 Å². The summed E-state index contributed by atoms with van der Waals surface area (Å²) < 4.78 is 35.5. The third kappa shape index (κ3) is 3.50. The van der Waals surface area contributed by atoms with Crippen molar-refractivity contribution in [2.75, 3.05) is 13.2 Å². The minimum atomic E-state index is -1.07. The molecule has 1 aromatic rings. The number of carbonyl (C=O) groups is 1. The Labute approximate surface area is 158 Å². The number of carbonyl (C=O) groups excluding carboxylic acids is 1. The Morgan fingerprint density at radius 1 is 1.07 bits per heavy atom. The number of benzene rings is 1. The van der Waals surface area contributed by atoms with E-state index in [9.17, 15) is 4.79 Å². The van der Waals surface area contributed by atoms with Crippen LogP contribution in [0, 0.1) is 6.92 Å². The molecule has 148 valence electrons. The van der Waals surface area contributed by atoms with E-state index in [2.05, 4.69) is 0 Å². The van der Waals surface area contributed by atoms with Crippen molar-refractivity contribution in [3.63, 3.8) is 0 Å². The van der Waals surface area contributed by atoms with Crippen LogP contribution in [-0.4, -0.2) is 54.9 Å². The molecule has 7 heteroatoms. The third-order valence-electron chi connectivity index (χ3n) is 4.99. The molecule has 0 saturated carbocycles. The molecule has 0 amide bonds. The second-order valence-corrected chi connectivity index (χ2v) is 8.24. The SMILES string of the molecule is Cc1ccc(C(=O)OC[C@H]2OC3(COC(C)(C)O3)[C@@H]3OC(C)(C)O[C@@H]32)cc1. The van der Waals surface area contributed by atoms with E-state index in [0.29, 0.717) is 5.56 Å². The van der Waals surface area contributed by atoms with Crippen LogP contribution in [0.25, 0.3) is 0 Å². The van der Waals surface area contributed by atoms with Crippen molar-refractivity contribution in [1.29, 1.82) is 0 Å². The number of esters is 1. The molecule has 0 bridgehead atoms. The molecule has 4 rings (SSSR count). The summed E-state index contributed by atoms with van der Waals surface area (Å²) in [7, 11) is 0. The molecule has 3 heterocycles. The fourth-order valence-corrected chi connectivity index (χ4v) is 3.80. The van der Waals surface area contributed by atoms with Gasteiger partial charge in [0.25, 0.3) is 0 Å². The van der Waals surface area contributed by atoms with Gasteiger partial charge in [-0.2, -0.15) is 0 Å². The van der Waals surface area contributed by atoms with E-state index in [0.717, 1.165) is 5.56 Å². The number of hydrogen-bond donors (Lipinski definition) is 0. The van der Waals surface area contributed by atoms with Gasteiger partial charge in [0.1, 0.15) is 31.5 Å². The van der Waals surface area contributed by atoms with Gasteiger partial charge in [0.15, 0.2) is 11.6 Å². The zero-order valence-electron chi connectivity index (χ0n) is 16.3. The van der Waals surface area contributed by atoms with Crippen LogP contribution in [0.15, 0.2) is 24.3 Å². The molecule has 3 saturated heterocycles. The number of aryl methyl sites for hydroxylation is 1. The zero-order chi connectivity index (χ0) is 19.4. The Hall–Kier alpha value is -1.51. The van der Waals surface area contributed by atoms with Gasteiger partial charge in [-0.3, -0.25) is 0 Å². The van der Waals surface area contributed by atoms with Crippen molar-refractivity contribution >= 4 is 5.97 Å². The van der Waals surface area contributed by atoms with Gasteiger partial charge in [-0.15, -0.1) is 0 Å². The van der Waals surface area contributed by atoms with Gasteiger partial charge < -0.3 is 28.4 Å². The van der Waals surface area contributed by atoms with E-state index < -0.39 is 41.6 Å². The largest absolute Gasteiger partial charge is 0.459 e. The van der Waals surface area contributed by atoms with E-state index in [-0.39, 0.29) is 13.2 Å². The summed E-state index contributed by atoms with van der Waals surface area (Å²) >= 11 is 0. The van der Waals surface area contributed by atoms with E-state index in [1.165, 1.54) is 0 Å². The summed E-state index contributed by atoms with van der Waals surface area (Å²) in [6.45, 7) is 9.57. The topological polar surface area (TPSA) is 72.5 Å². The maximum atomic E-state index is 12.3. The lowest BCUT2D eigenvalue weighted by Gasteiger charge is -2.30. The van der Waals surface area contributed by atoms with Crippen molar-refractivity contribution in [2.45, 2.75) is 70.3 Å². The van der Waals surface area contributed by atoms with Crippen LogP contribution in [-0.2, 0) is 28.4 Å². The van der Waals surface area contributed by atoms with Crippen molar-refractivity contribution < 1.29 is 33.2 Å². The number of rotatable bonds is 3. The van der Waals surface area contributed by atoms with Crippen LogP contribution < -0.4 is 0 Å². The van der Waals surface area contributed by atoms with Crippen LogP contribution in [0.2, 0.25) is 0 Å². The highest BCUT2D eigenvalue weighted by Crippen LogP contribution is 2.49. The summed E-state index contributed by atoms with van der Waals surface area (Å²) in [5.74, 6) is -3.03.